The number of hydrogen-bond donors (Lipinski definition) is 2. The zero-order chi connectivity index (χ0) is 21.0. The summed E-state index contributed by atoms with van der Waals surface area (Å²) in [7, 11) is 4.45. The second-order valence-electron chi connectivity index (χ2n) is 7.51. The minimum atomic E-state index is -0.645. The van der Waals surface area contributed by atoms with Crippen LogP contribution in [-0.2, 0) is 9.53 Å². The number of methoxy groups -OCH3 is 3. The monoisotopic (exact) mass is 403 g/mol. The van der Waals surface area contributed by atoms with E-state index in [0.717, 1.165) is 19.5 Å². The number of nitrogens with zero attached hydrogens (tertiary/aromatic N) is 1. The lowest BCUT2D eigenvalue weighted by atomic mass is 9.94. The summed E-state index contributed by atoms with van der Waals surface area (Å²) >= 11 is 0. The topological polar surface area (TPSA) is 89.1 Å². The Morgan fingerprint density at radius 2 is 1.97 bits per heavy atom. The first kappa shape index (κ1) is 21.0. The second-order valence-corrected chi connectivity index (χ2v) is 7.51. The zero-order valence-corrected chi connectivity index (χ0v) is 17.4. The third-order valence-corrected chi connectivity index (χ3v) is 5.42. The highest BCUT2D eigenvalue weighted by molar-refractivity contribution is 5.95. The summed E-state index contributed by atoms with van der Waals surface area (Å²) < 4.78 is 15.7. The third-order valence-electron chi connectivity index (χ3n) is 5.42. The number of ether oxygens (including phenoxy) is 3. The molecule has 2 N–H and O–H groups in total. The Labute approximate surface area is 171 Å². The van der Waals surface area contributed by atoms with Crippen LogP contribution in [0.1, 0.15) is 31.4 Å². The number of hydrogen-bond acceptors (Lipinski definition) is 6. The highest BCUT2D eigenvalue weighted by Gasteiger charge is 2.35. The predicted octanol–water partition coefficient (Wildman–Crippen LogP) is 2.22. The number of esters is 1. The van der Waals surface area contributed by atoms with E-state index in [9.17, 15) is 9.59 Å². The van der Waals surface area contributed by atoms with Crippen LogP contribution in [0.2, 0.25) is 0 Å². The first-order valence-corrected chi connectivity index (χ1v) is 9.80. The van der Waals surface area contributed by atoms with Gasteiger partial charge in [-0.2, -0.15) is 0 Å². The van der Waals surface area contributed by atoms with Gasteiger partial charge in [-0.1, -0.05) is 13.0 Å². The summed E-state index contributed by atoms with van der Waals surface area (Å²) in [6, 6.07) is 4.33. The van der Waals surface area contributed by atoms with E-state index in [-0.39, 0.29) is 6.03 Å². The van der Waals surface area contributed by atoms with Crippen LogP contribution in [0.3, 0.4) is 0 Å². The molecule has 29 heavy (non-hydrogen) atoms. The van der Waals surface area contributed by atoms with Gasteiger partial charge in [0.1, 0.15) is 0 Å². The summed E-state index contributed by atoms with van der Waals surface area (Å²) in [5.74, 6) is 1.21. The number of carbonyl (C=O) groups is 2. The Morgan fingerprint density at radius 1 is 1.21 bits per heavy atom. The fourth-order valence-electron chi connectivity index (χ4n) is 4.03. The molecule has 1 fully saturated rings. The van der Waals surface area contributed by atoms with E-state index in [1.165, 1.54) is 13.5 Å². The number of carbonyl (C=O) groups excluding carboxylic acids is 2. The molecule has 2 aliphatic heterocycles. The largest absolute Gasteiger partial charge is 0.493 e. The smallest absolute Gasteiger partial charge is 0.338 e. The van der Waals surface area contributed by atoms with Crippen LogP contribution >= 0.6 is 0 Å². The summed E-state index contributed by atoms with van der Waals surface area (Å²) in [4.78, 5) is 27.4. The van der Waals surface area contributed by atoms with Gasteiger partial charge in [0.2, 0.25) is 0 Å². The number of piperidine rings is 1. The van der Waals surface area contributed by atoms with Crippen LogP contribution in [-0.4, -0.2) is 57.9 Å². The molecule has 0 aromatic heterocycles. The molecular weight excluding hydrogens is 374 g/mol. The van der Waals surface area contributed by atoms with Crippen molar-refractivity contribution >= 4 is 12.0 Å². The van der Waals surface area contributed by atoms with E-state index in [0.29, 0.717) is 40.8 Å². The van der Waals surface area contributed by atoms with E-state index in [1.54, 1.807) is 32.4 Å². The molecule has 3 rings (SSSR count). The predicted molar refractivity (Wildman–Crippen MR) is 108 cm³/mol. The fourth-order valence-corrected chi connectivity index (χ4v) is 4.03. The van der Waals surface area contributed by atoms with Crippen molar-refractivity contribution < 1.29 is 23.8 Å². The molecule has 1 aromatic carbocycles. The molecule has 0 saturated carbocycles. The lowest BCUT2D eigenvalue weighted by Gasteiger charge is -2.35. The molecule has 1 aromatic rings. The van der Waals surface area contributed by atoms with Gasteiger partial charge in [-0.25, -0.2) is 9.59 Å². The van der Waals surface area contributed by atoms with Gasteiger partial charge in [0, 0.05) is 18.8 Å². The molecule has 2 atom stereocenters. The molecule has 0 spiro atoms. The van der Waals surface area contributed by atoms with Crippen molar-refractivity contribution in [2.75, 3.05) is 41.0 Å². The maximum atomic E-state index is 12.7. The molecule has 2 aliphatic rings. The average molecular weight is 403 g/mol. The van der Waals surface area contributed by atoms with Crippen LogP contribution < -0.4 is 20.1 Å². The Hall–Kier alpha value is -2.74. The quantitative estimate of drug-likeness (QED) is 0.708. The molecule has 8 nitrogen and oxygen atoms in total. The zero-order valence-electron chi connectivity index (χ0n) is 17.4. The third kappa shape index (κ3) is 4.64. The average Bonchev–Trinajstić information content (AvgIpc) is 2.72. The van der Waals surface area contributed by atoms with Crippen LogP contribution in [0.15, 0.2) is 29.5 Å². The highest BCUT2D eigenvalue weighted by Crippen LogP contribution is 2.34. The van der Waals surface area contributed by atoms with Gasteiger partial charge in [-0.3, -0.25) is 4.90 Å². The normalized spacial score (nSPS) is 22.6. The Bertz CT molecular complexity index is 808. The molecule has 2 heterocycles. The van der Waals surface area contributed by atoms with Crippen LogP contribution in [0.4, 0.5) is 4.79 Å². The lowest BCUT2D eigenvalue weighted by molar-refractivity contribution is -0.136. The fraction of sp³-hybridized carbons (Fsp3) is 0.524. The molecular formula is C21H29N3O5. The number of amides is 2. The van der Waals surface area contributed by atoms with E-state index >= 15 is 0 Å². The maximum Gasteiger partial charge on any atom is 0.338 e. The van der Waals surface area contributed by atoms with Crippen molar-refractivity contribution in [3.05, 3.63) is 35.0 Å². The molecule has 8 heteroatoms. The van der Waals surface area contributed by atoms with E-state index in [4.69, 9.17) is 14.2 Å². The number of benzene rings is 1. The summed E-state index contributed by atoms with van der Waals surface area (Å²) in [6.45, 7) is 4.58. The van der Waals surface area contributed by atoms with Gasteiger partial charge in [0.05, 0.1) is 32.9 Å². The first-order chi connectivity index (χ1) is 14.0. The lowest BCUT2D eigenvalue weighted by Crippen LogP contribution is -2.49. The first-order valence-electron chi connectivity index (χ1n) is 9.80. The SMILES string of the molecule is COC(=O)C1=C(CN2CCC[C@@H](C)C2)NC(=O)N[C@H]1c1ccc(OC)c(OC)c1. The number of urea groups is 1. The van der Waals surface area contributed by atoms with Gasteiger partial charge in [-0.05, 0) is 43.0 Å². The molecule has 0 unspecified atom stereocenters. The van der Waals surface area contributed by atoms with Gasteiger partial charge >= 0.3 is 12.0 Å². The van der Waals surface area contributed by atoms with Crippen molar-refractivity contribution in [3.8, 4) is 11.5 Å². The van der Waals surface area contributed by atoms with E-state index < -0.39 is 12.0 Å². The van der Waals surface area contributed by atoms with Crippen molar-refractivity contribution in [1.29, 1.82) is 0 Å². The van der Waals surface area contributed by atoms with Gasteiger partial charge in [0.25, 0.3) is 0 Å². The van der Waals surface area contributed by atoms with Crippen molar-refractivity contribution in [3.63, 3.8) is 0 Å². The summed E-state index contributed by atoms with van der Waals surface area (Å²) in [5.41, 5.74) is 1.69. The standard InChI is InChI=1S/C21H29N3O5/c1-13-6-5-9-24(11-13)12-15-18(20(25)29-4)19(23-21(26)22-15)14-7-8-16(27-2)17(10-14)28-3/h7-8,10,13,19H,5-6,9,11-12H2,1-4H3,(H2,22,23,26)/t13-,19+/m1/s1. The Kier molecular flexibility index (Phi) is 6.64. The number of likely N-dealkylation sites (tertiary alicyclic amines) is 1. The minimum absolute atomic E-state index is 0.350. The highest BCUT2D eigenvalue weighted by atomic mass is 16.5. The second kappa shape index (κ2) is 9.17. The van der Waals surface area contributed by atoms with E-state index in [2.05, 4.69) is 22.5 Å². The minimum Gasteiger partial charge on any atom is -0.493 e. The molecule has 0 aliphatic carbocycles. The summed E-state index contributed by atoms with van der Waals surface area (Å²) in [6.07, 6.45) is 2.30. The van der Waals surface area contributed by atoms with E-state index in [1.807, 2.05) is 0 Å². The Morgan fingerprint density at radius 3 is 2.62 bits per heavy atom. The summed E-state index contributed by atoms with van der Waals surface area (Å²) in [5, 5.41) is 5.66. The van der Waals surface area contributed by atoms with Crippen molar-refractivity contribution in [2.45, 2.75) is 25.8 Å². The maximum absolute atomic E-state index is 12.7. The van der Waals surface area contributed by atoms with Crippen LogP contribution in [0, 0.1) is 5.92 Å². The molecule has 0 bridgehead atoms. The molecule has 0 radical (unpaired) electrons. The van der Waals surface area contributed by atoms with Crippen LogP contribution in [0.5, 0.6) is 11.5 Å². The Balaban J connectivity index is 2.00. The van der Waals surface area contributed by atoms with Gasteiger partial charge in [0.15, 0.2) is 11.5 Å². The van der Waals surface area contributed by atoms with Gasteiger partial charge in [-0.15, -0.1) is 0 Å². The molecule has 1 saturated heterocycles. The van der Waals surface area contributed by atoms with Crippen molar-refractivity contribution in [1.82, 2.24) is 15.5 Å². The number of nitrogens with one attached hydrogen (secondary N) is 2. The number of rotatable bonds is 6. The van der Waals surface area contributed by atoms with Gasteiger partial charge < -0.3 is 24.8 Å². The molecule has 158 valence electrons. The molecule has 2 amide bonds. The van der Waals surface area contributed by atoms with Crippen LogP contribution in [0.25, 0.3) is 0 Å². The van der Waals surface area contributed by atoms with Crippen molar-refractivity contribution in [2.24, 2.45) is 5.92 Å².